The van der Waals surface area contributed by atoms with Crippen molar-refractivity contribution in [1.29, 1.82) is 0 Å². The third kappa shape index (κ3) is 4.00. The number of carbonyl (C=O) groups excluding carboxylic acids is 1. The van der Waals surface area contributed by atoms with Crippen molar-refractivity contribution < 1.29 is 17.6 Å². The first-order valence-electron chi connectivity index (χ1n) is 7.50. The number of halogens is 1. The third-order valence-corrected chi connectivity index (χ3v) is 6.46. The number of benzene rings is 1. The van der Waals surface area contributed by atoms with Crippen molar-refractivity contribution >= 4 is 27.3 Å². The fourth-order valence-electron chi connectivity index (χ4n) is 2.23. The van der Waals surface area contributed by atoms with Crippen molar-refractivity contribution in [1.82, 2.24) is 9.62 Å². The molecule has 2 aromatic rings. The molecule has 2 rings (SSSR count). The lowest BCUT2D eigenvalue weighted by Crippen LogP contribution is -2.31. The molecular formula is C16H19FN2O3S2. The molecule has 0 fully saturated rings. The fraction of sp³-hybridized carbons (Fsp3) is 0.312. The minimum absolute atomic E-state index is 0.110. The Kier molecular flexibility index (Phi) is 6.09. The van der Waals surface area contributed by atoms with Crippen LogP contribution in [-0.2, 0) is 16.6 Å². The van der Waals surface area contributed by atoms with Gasteiger partial charge in [0.1, 0.15) is 10.7 Å². The zero-order valence-corrected chi connectivity index (χ0v) is 15.1. The summed E-state index contributed by atoms with van der Waals surface area (Å²) in [6, 6.07) is 7.13. The summed E-state index contributed by atoms with van der Waals surface area (Å²) in [4.78, 5) is 12.7. The average Bonchev–Trinajstić information content (AvgIpc) is 3.07. The van der Waals surface area contributed by atoms with Gasteiger partial charge in [0.05, 0.1) is 6.54 Å². The number of hydrogen-bond acceptors (Lipinski definition) is 4. The molecule has 5 nitrogen and oxygen atoms in total. The second-order valence-corrected chi connectivity index (χ2v) is 7.94. The summed E-state index contributed by atoms with van der Waals surface area (Å²) in [5.41, 5.74) is 0.110. The molecule has 0 atom stereocenters. The van der Waals surface area contributed by atoms with E-state index in [-0.39, 0.29) is 18.7 Å². The molecule has 0 bridgehead atoms. The Hall–Kier alpha value is -1.77. The van der Waals surface area contributed by atoms with Crippen LogP contribution in [0.5, 0.6) is 0 Å². The SMILES string of the molecule is CCN(CC)S(=O)(=O)c1cc(C(=O)NCc2cccs2)ccc1F. The molecule has 1 aromatic heterocycles. The Morgan fingerprint density at radius 3 is 2.54 bits per heavy atom. The first-order valence-corrected chi connectivity index (χ1v) is 9.82. The molecule has 1 amide bonds. The number of carbonyl (C=O) groups is 1. The van der Waals surface area contributed by atoms with E-state index in [9.17, 15) is 17.6 Å². The monoisotopic (exact) mass is 370 g/mol. The Labute approximate surface area is 145 Å². The smallest absolute Gasteiger partial charge is 0.251 e. The molecule has 8 heteroatoms. The number of rotatable bonds is 7. The second-order valence-electron chi connectivity index (χ2n) is 5.00. The van der Waals surface area contributed by atoms with Crippen molar-refractivity contribution in [3.8, 4) is 0 Å². The maximum Gasteiger partial charge on any atom is 0.251 e. The number of thiophene rings is 1. The Morgan fingerprint density at radius 1 is 1.25 bits per heavy atom. The van der Waals surface area contributed by atoms with Crippen molar-refractivity contribution in [2.75, 3.05) is 13.1 Å². The zero-order chi connectivity index (χ0) is 17.7. The predicted octanol–water partition coefficient (Wildman–Crippen LogP) is 2.85. The van der Waals surface area contributed by atoms with E-state index in [1.165, 1.54) is 17.4 Å². The van der Waals surface area contributed by atoms with E-state index in [4.69, 9.17) is 0 Å². The molecule has 1 aromatic carbocycles. The van der Waals surface area contributed by atoms with Crippen molar-refractivity contribution in [3.63, 3.8) is 0 Å². The van der Waals surface area contributed by atoms with Gasteiger partial charge in [-0.25, -0.2) is 12.8 Å². The highest BCUT2D eigenvalue weighted by atomic mass is 32.2. The summed E-state index contributed by atoms with van der Waals surface area (Å²) in [6.07, 6.45) is 0. The quantitative estimate of drug-likeness (QED) is 0.815. The van der Waals surface area contributed by atoms with Gasteiger partial charge in [0.25, 0.3) is 5.91 Å². The maximum atomic E-state index is 14.0. The lowest BCUT2D eigenvalue weighted by molar-refractivity contribution is 0.0951. The number of hydrogen-bond donors (Lipinski definition) is 1. The number of nitrogens with one attached hydrogen (secondary N) is 1. The van der Waals surface area contributed by atoms with Crippen LogP contribution in [0.2, 0.25) is 0 Å². The maximum absolute atomic E-state index is 14.0. The van der Waals surface area contributed by atoms with Crippen molar-refractivity contribution in [3.05, 3.63) is 52.0 Å². The molecule has 130 valence electrons. The van der Waals surface area contributed by atoms with Gasteiger partial charge < -0.3 is 5.32 Å². The van der Waals surface area contributed by atoms with Gasteiger partial charge in [-0.2, -0.15) is 4.31 Å². The topological polar surface area (TPSA) is 66.5 Å². The molecule has 0 aliphatic carbocycles. The van der Waals surface area contributed by atoms with Gasteiger partial charge in [-0.3, -0.25) is 4.79 Å². The molecule has 0 unspecified atom stereocenters. The molecule has 1 N–H and O–H groups in total. The molecule has 1 heterocycles. The van der Waals surface area contributed by atoms with Crippen molar-refractivity contribution in [2.24, 2.45) is 0 Å². The molecule has 24 heavy (non-hydrogen) atoms. The normalized spacial score (nSPS) is 11.7. The van der Waals surface area contributed by atoms with Gasteiger partial charge in [0.15, 0.2) is 0 Å². The summed E-state index contributed by atoms with van der Waals surface area (Å²) in [7, 11) is -3.97. The molecule has 0 radical (unpaired) electrons. The van der Waals surface area contributed by atoms with Crippen LogP contribution in [-0.4, -0.2) is 31.7 Å². The fourth-order valence-corrected chi connectivity index (χ4v) is 4.42. The Morgan fingerprint density at radius 2 is 1.96 bits per heavy atom. The van der Waals surface area contributed by atoms with Crippen LogP contribution in [0.3, 0.4) is 0 Å². The van der Waals surface area contributed by atoms with E-state index in [1.54, 1.807) is 13.8 Å². The molecular weight excluding hydrogens is 351 g/mol. The van der Waals surface area contributed by atoms with E-state index in [0.717, 1.165) is 21.3 Å². The first kappa shape index (κ1) is 18.6. The minimum Gasteiger partial charge on any atom is -0.347 e. The van der Waals surface area contributed by atoms with Crippen LogP contribution in [0.15, 0.2) is 40.6 Å². The highest BCUT2D eigenvalue weighted by Gasteiger charge is 2.26. The minimum atomic E-state index is -3.97. The summed E-state index contributed by atoms with van der Waals surface area (Å²) < 4.78 is 40.2. The largest absolute Gasteiger partial charge is 0.347 e. The van der Waals surface area contributed by atoms with E-state index in [2.05, 4.69) is 5.32 Å². The van der Waals surface area contributed by atoms with Crippen LogP contribution in [0.1, 0.15) is 29.1 Å². The van der Waals surface area contributed by atoms with Crippen LogP contribution >= 0.6 is 11.3 Å². The summed E-state index contributed by atoms with van der Waals surface area (Å²) >= 11 is 1.50. The zero-order valence-electron chi connectivity index (χ0n) is 13.5. The summed E-state index contributed by atoms with van der Waals surface area (Å²) in [5, 5.41) is 4.59. The van der Waals surface area contributed by atoms with Gasteiger partial charge in [0, 0.05) is 23.5 Å². The Balaban J connectivity index is 2.26. The highest BCUT2D eigenvalue weighted by molar-refractivity contribution is 7.89. The number of nitrogens with zero attached hydrogens (tertiary/aromatic N) is 1. The van der Waals surface area contributed by atoms with E-state index >= 15 is 0 Å². The van der Waals surface area contributed by atoms with Crippen molar-refractivity contribution in [2.45, 2.75) is 25.3 Å². The molecule has 0 saturated heterocycles. The van der Waals surface area contributed by atoms with E-state index in [1.807, 2.05) is 17.5 Å². The molecule has 0 aliphatic heterocycles. The summed E-state index contributed by atoms with van der Waals surface area (Å²) in [6.45, 7) is 4.15. The molecule has 0 aliphatic rings. The third-order valence-electron chi connectivity index (χ3n) is 3.52. The number of amides is 1. The Bertz CT molecular complexity index is 801. The lowest BCUT2D eigenvalue weighted by atomic mass is 10.2. The van der Waals surface area contributed by atoms with Gasteiger partial charge >= 0.3 is 0 Å². The molecule has 0 saturated carbocycles. The summed E-state index contributed by atoms with van der Waals surface area (Å²) in [5.74, 6) is -1.31. The predicted molar refractivity (Wildman–Crippen MR) is 92.0 cm³/mol. The highest BCUT2D eigenvalue weighted by Crippen LogP contribution is 2.21. The van der Waals surface area contributed by atoms with Gasteiger partial charge in [-0.1, -0.05) is 19.9 Å². The van der Waals surface area contributed by atoms with Crippen LogP contribution in [0.4, 0.5) is 4.39 Å². The number of sulfonamides is 1. The molecule has 0 spiro atoms. The standard InChI is InChI=1S/C16H19FN2O3S2/c1-3-19(4-2)24(21,22)15-10-12(7-8-14(15)17)16(20)18-11-13-6-5-9-23-13/h5-10H,3-4,11H2,1-2H3,(H,18,20). The lowest BCUT2D eigenvalue weighted by Gasteiger charge is -2.19. The van der Waals surface area contributed by atoms with Crippen LogP contribution in [0.25, 0.3) is 0 Å². The van der Waals surface area contributed by atoms with Gasteiger partial charge in [0.2, 0.25) is 10.0 Å². The second kappa shape index (κ2) is 7.87. The van der Waals surface area contributed by atoms with Crippen LogP contribution < -0.4 is 5.32 Å². The van der Waals surface area contributed by atoms with Crippen LogP contribution in [0, 0.1) is 5.82 Å². The average molecular weight is 370 g/mol. The van der Waals surface area contributed by atoms with Gasteiger partial charge in [-0.05, 0) is 29.6 Å². The van der Waals surface area contributed by atoms with Gasteiger partial charge in [-0.15, -0.1) is 11.3 Å². The first-order chi connectivity index (χ1) is 11.4. The van der Waals surface area contributed by atoms with E-state index < -0.39 is 26.6 Å². The van der Waals surface area contributed by atoms with E-state index in [0.29, 0.717) is 6.54 Å².